The monoisotopic (exact) mass is 274 g/mol. The molecule has 1 N–H and O–H groups in total. The molecule has 5 nitrogen and oxygen atoms in total. The predicted octanol–water partition coefficient (Wildman–Crippen LogP) is 1.78. The number of nitrogens with zero attached hydrogens (tertiary/aromatic N) is 3. The van der Waals surface area contributed by atoms with Crippen LogP contribution < -0.4 is 10.2 Å². The predicted molar refractivity (Wildman–Crippen MR) is 79.5 cm³/mol. The Morgan fingerprint density at radius 3 is 2.70 bits per heavy atom. The number of likely N-dealkylation sites (N-methyl/N-ethyl adjacent to an activating group) is 1. The first-order chi connectivity index (χ1) is 9.35. The summed E-state index contributed by atoms with van der Waals surface area (Å²) in [6.45, 7) is 8.67. The minimum Gasteiger partial charge on any atom is -0.364 e. The van der Waals surface area contributed by atoms with Crippen LogP contribution in [-0.2, 0) is 4.79 Å². The maximum absolute atomic E-state index is 11.8. The van der Waals surface area contributed by atoms with Gasteiger partial charge in [-0.1, -0.05) is 13.8 Å². The number of aromatic nitrogens is 1. The number of carbonyl (C=O) groups excluding carboxylic acids is 1. The fourth-order valence-electron chi connectivity index (χ4n) is 1.92. The van der Waals surface area contributed by atoms with Crippen LogP contribution in [0, 0.1) is 31.1 Å². The standard InChI is InChI=1S/C15H22N4O/c1-10(2)8-17-15(20)9-19(5)14-6-11(3)18-12(4)13(14)7-16/h6,10H,8-9H2,1-5H3,(H,17,20). The summed E-state index contributed by atoms with van der Waals surface area (Å²) >= 11 is 0. The summed E-state index contributed by atoms with van der Waals surface area (Å²) in [6.07, 6.45) is 0. The normalized spacial score (nSPS) is 10.2. The number of hydrogen-bond acceptors (Lipinski definition) is 4. The molecule has 0 fully saturated rings. The number of amides is 1. The molecular formula is C15H22N4O. The average molecular weight is 274 g/mol. The van der Waals surface area contributed by atoms with E-state index in [4.69, 9.17) is 0 Å². The first-order valence-corrected chi connectivity index (χ1v) is 6.71. The smallest absolute Gasteiger partial charge is 0.239 e. The molecule has 1 aromatic rings. The lowest BCUT2D eigenvalue weighted by molar-refractivity contribution is -0.119. The Labute approximate surface area is 120 Å². The topological polar surface area (TPSA) is 69.0 Å². The third-order valence-corrected chi connectivity index (χ3v) is 2.92. The molecule has 1 aromatic heterocycles. The molecule has 5 heteroatoms. The second-order valence-electron chi connectivity index (χ2n) is 5.41. The number of anilines is 1. The van der Waals surface area contributed by atoms with Gasteiger partial charge in [0.1, 0.15) is 6.07 Å². The molecule has 0 aliphatic carbocycles. The number of nitrogens with one attached hydrogen (secondary N) is 1. The molecule has 0 bridgehead atoms. The second kappa shape index (κ2) is 6.90. The summed E-state index contributed by atoms with van der Waals surface area (Å²) in [4.78, 5) is 17.9. The van der Waals surface area contributed by atoms with Gasteiger partial charge in [0.2, 0.25) is 5.91 Å². The lowest BCUT2D eigenvalue weighted by Crippen LogP contribution is -2.37. The second-order valence-corrected chi connectivity index (χ2v) is 5.41. The van der Waals surface area contributed by atoms with Gasteiger partial charge >= 0.3 is 0 Å². The van der Waals surface area contributed by atoms with Crippen molar-refractivity contribution in [2.24, 2.45) is 5.92 Å². The van der Waals surface area contributed by atoms with Crippen molar-refractivity contribution in [3.8, 4) is 6.07 Å². The first kappa shape index (κ1) is 16.0. The number of rotatable bonds is 5. The van der Waals surface area contributed by atoms with Crippen molar-refractivity contribution in [1.82, 2.24) is 10.3 Å². The molecular weight excluding hydrogens is 252 g/mol. The Kier molecular flexibility index (Phi) is 5.51. The Bertz CT molecular complexity index is 531. The summed E-state index contributed by atoms with van der Waals surface area (Å²) in [5.74, 6) is 0.376. The van der Waals surface area contributed by atoms with Crippen molar-refractivity contribution in [3.05, 3.63) is 23.0 Å². The molecule has 20 heavy (non-hydrogen) atoms. The van der Waals surface area contributed by atoms with E-state index in [9.17, 15) is 10.1 Å². The molecule has 0 spiro atoms. The maximum atomic E-state index is 11.8. The Balaban J connectivity index is 2.85. The molecule has 0 radical (unpaired) electrons. The van der Waals surface area contributed by atoms with Crippen LogP contribution in [0.1, 0.15) is 30.8 Å². The van der Waals surface area contributed by atoms with Gasteiger partial charge < -0.3 is 10.2 Å². The zero-order valence-corrected chi connectivity index (χ0v) is 12.8. The quantitative estimate of drug-likeness (QED) is 0.888. The number of carbonyl (C=O) groups is 1. The summed E-state index contributed by atoms with van der Waals surface area (Å²) in [5.41, 5.74) is 2.80. The molecule has 0 atom stereocenters. The molecule has 0 aliphatic heterocycles. The lowest BCUT2D eigenvalue weighted by Gasteiger charge is -2.21. The van der Waals surface area contributed by atoms with E-state index < -0.39 is 0 Å². The third-order valence-electron chi connectivity index (χ3n) is 2.92. The lowest BCUT2D eigenvalue weighted by atomic mass is 10.1. The van der Waals surface area contributed by atoms with Crippen molar-refractivity contribution in [1.29, 1.82) is 5.26 Å². The highest BCUT2D eigenvalue weighted by Crippen LogP contribution is 2.21. The van der Waals surface area contributed by atoms with Gasteiger partial charge in [0.15, 0.2) is 0 Å². The SMILES string of the molecule is Cc1cc(N(C)CC(=O)NCC(C)C)c(C#N)c(C)n1. The fraction of sp³-hybridized carbons (Fsp3) is 0.533. The fourth-order valence-corrected chi connectivity index (χ4v) is 1.92. The molecule has 1 amide bonds. The van der Waals surface area contributed by atoms with Crippen LogP contribution in [0.4, 0.5) is 5.69 Å². The van der Waals surface area contributed by atoms with Gasteiger partial charge in [0.25, 0.3) is 0 Å². The molecule has 1 rings (SSSR count). The van der Waals surface area contributed by atoms with E-state index in [1.54, 1.807) is 4.90 Å². The molecule has 108 valence electrons. The Hall–Kier alpha value is -2.09. The number of aryl methyl sites for hydroxylation is 2. The van der Waals surface area contributed by atoms with E-state index in [-0.39, 0.29) is 12.5 Å². The van der Waals surface area contributed by atoms with Crippen LogP contribution in [0.15, 0.2) is 6.07 Å². The van der Waals surface area contributed by atoms with Crippen molar-refractivity contribution in [3.63, 3.8) is 0 Å². The first-order valence-electron chi connectivity index (χ1n) is 6.71. The Morgan fingerprint density at radius 1 is 1.50 bits per heavy atom. The minimum atomic E-state index is -0.0443. The van der Waals surface area contributed by atoms with Gasteiger partial charge in [0, 0.05) is 19.3 Å². The number of nitriles is 1. The Morgan fingerprint density at radius 2 is 2.15 bits per heavy atom. The van der Waals surface area contributed by atoms with Gasteiger partial charge in [-0.25, -0.2) is 0 Å². The van der Waals surface area contributed by atoms with Crippen LogP contribution >= 0.6 is 0 Å². The summed E-state index contributed by atoms with van der Waals surface area (Å²) in [6, 6.07) is 3.99. The van der Waals surface area contributed by atoms with E-state index in [1.165, 1.54) is 0 Å². The molecule has 0 saturated carbocycles. The van der Waals surface area contributed by atoms with Gasteiger partial charge in [-0.05, 0) is 25.8 Å². The van der Waals surface area contributed by atoms with E-state index in [1.807, 2.05) is 40.8 Å². The molecule has 0 aromatic carbocycles. The number of pyridine rings is 1. The molecule has 0 unspecified atom stereocenters. The van der Waals surface area contributed by atoms with Crippen molar-refractivity contribution in [2.45, 2.75) is 27.7 Å². The van der Waals surface area contributed by atoms with Gasteiger partial charge in [-0.3, -0.25) is 9.78 Å². The highest BCUT2D eigenvalue weighted by atomic mass is 16.2. The van der Waals surface area contributed by atoms with Gasteiger partial charge in [0.05, 0.1) is 23.5 Å². The summed E-state index contributed by atoms with van der Waals surface area (Å²) in [7, 11) is 1.81. The third kappa shape index (κ3) is 4.23. The van der Waals surface area contributed by atoms with Crippen molar-refractivity contribution < 1.29 is 4.79 Å². The van der Waals surface area contributed by atoms with Crippen LogP contribution in [-0.4, -0.2) is 31.0 Å². The van der Waals surface area contributed by atoms with E-state index >= 15 is 0 Å². The average Bonchev–Trinajstić information content (AvgIpc) is 2.35. The largest absolute Gasteiger partial charge is 0.364 e. The van der Waals surface area contributed by atoms with Crippen molar-refractivity contribution in [2.75, 3.05) is 25.0 Å². The van der Waals surface area contributed by atoms with E-state index in [0.717, 1.165) is 11.4 Å². The van der Waals surface area contributed by atoms with Crippen LogP contribution in [0.3, 0.4) is 0 Å². The summed E-state index contributed by atoms with van der Waals surface area (Å²) < 4.78 is 0. The molecule has 0 aliphatic rings. The van der Waals surface area contributed by atoms with E-state index in [2.05, 4.69) is 16.4 Å². The van der Waals surface area contributed by atoms with Crippen LogP contribution in [0.25, 0.3) is 0 Å². The molecule has 1 heterocycles. The van der Waals surface area contributed by atoms with Crippen LogP contribution in [0.2, 0.25) is 0 Å². The zero-order valence-electron chi connectivity index (χ0n) is 12.8. The van der Waals surface area contributed by atoms with E-state index in [0.29, 0.717) is 23.7 Å². The van der Waals surface area contributed by atoms with Crippen molar-refractivity contribution >= 4 is 11.6 Å². The minimum absolute atomic E-state index is 0.0443. The summed E-state index contributed by atoms with van der Waals surface area (Å²) in [5, 5.41) is 12.1. The molecule has 0 saturated heterocycles. The van der Waals surface area contributed by atoms with Gasteiger partial charge in [-0.15, -0.1) is 0 Å². The zero-order chi connectivity index (χ0) is 15.3. The number of hydrogen-bond donors (Lipinski definition) is 1. The highest BCUT2D eigenvalue weighted by molar-refractivity contribution is 5.82. The van der Waals surface area contributed by atoms with Crippen LogP contribution in [0.5, 0.6) is 0 Å². The maximum Gasteiger partial charge on any atom is 0.239 e. The van der Waals surface area contributed by atoms with Gasteiger partial charge in [-0.2, -0.15) is 5.26 Å². The highest BCUT2D eigenvalue weighted by Gasteiger charge is 2.14.